The van der Waals surface area contributed by atoms with Gasteiger partial charge in [0.05, 0.1) is 5.56 Å². The molecule has 3 nitrogen and oxygen atoms in total. The number of aromatic nitrogens is 1. The minimum absolute atomic E-state index is 0.307. The monoisotopic (exact) mass is 272 g/mol. The van der Waals surface area contributed by atoms with Crippen molar-refractivity contribution in [1.82, 2.24) is 4.37 Å². The Labute approximate surface area is 104 Å². The molecule has 0 atom stereocenters. The van der Waals surface area contributed by atoms with Gasteiger partial charge in [0.25, 0.3) is 5.91 Å². The van der Waals surface area contributed by atoms with Gasteiger partial charge in [0.2, 0.25) is 0 Å². The van der Waals surface area contributed by atoms with Crippen LogP contribution in [0.1, 0.15) is 15.2 Å². The molecule has 0 aliphatic rings. The molecule has 7 heteroatoms. The molecule has 1 N–H and O–H groups in total. The maximum Gasteiger partial charge on any atom is 0.416 e. The van der Waals surface area contributed by atoms with Gasteiger partial charge in [-0.2, -0.15) is 13.2 Å². The SMILES string of the molecule is O=C(Nc1ccc(C(F)(F)F)cc1)c1ccns1. The average molecular weight is 272 g/mol. The number of amides is 1. The molecule has 2 aromatic rings. The zero-order valence-electron chi connectivity index (χ0n) is 8.86. The lowest BCUT2D eigenvalue weighted by atomic mass is 10.2. The van der Waals surface area contributed by atoms with E-state index in [1.165, 1.54) is 24.4 Å². The highest BCUT2D eigenvalue weighted by Gasteiger charge is 2.29. The summed E-state index contributed by atoms with van der Waals surface area (Å²) in [6.45, 7) is 0. The molecular formula is C11H7F3N2OS. The summed E-state index contributed by atoms with van der Waals surface area (Å²) in [5, 5.41) is 2.49. The standard InChI is InChI=1S/C11H7F3N2OS/c12-11(13,14)7-1-3-8(4-2-7)16-10(17)9-5-6-15-18-9/h1-6H,(H,16,17). The third-order valence-corrected chi connectivity index (χ3v) is 2.88. The molecule has 94 valence electrons. The van der Waals surface area contributed by atoms with Gasteiger partial charge >= 0.3 is 6.18 Å². The van der Waals surface area contributed by atoms with Gasteiger partial charge in [-0.15, -0.1) is 0 Å². The minimum atomic E-state index is -4.37. The van der Waals surface area contributed by atoms with Gasteiger partial charge in [-0.1, -0.05) is 0 Å². The summed E-state index contributed by atoms with van der Waals surface area (Å²) in [5.41, 5.74) is -0.445. The predicted molar refractivity (Wildman–Crippen MR) is 61.5 cm³/mol. The number of halogens is 3. The van der Waals surface area contributed by atoms with Crippen molar-refractivity contribution in [2.24, 2.45) is 0 Å². The van der Waals surface area contributed by atoms with Gasteiger partial charge < -0.3 is 5.32 Å². The highest BCUT2D eigenvalue weighted by molar-refractivity contribution is 7.08. The quantitative estimate of drug-likeness (QED) is 0.910. The van der Waals surface area contributed by atoms with Crippen LogP contribution in [-0.4, -0.2) is 10.3 Å². The average Bonchev–Trinajstić information content (AvgIpc) is 2.82. The Balaban J connectivity index is 2.09. The number of rotatable bonds is 2. The first-order chi connectivity index (χ1) is 8.47. The maximum absolute atomic E-state index is 12.3. The second-order valence-corrected chi connectivity index (χ2v) is 4.24. The van der Waals surface area contributed by atoms with Gasteiger partial charge in [0.1, 0.15) is 4.88 Å². The summed E-state index contributed by atoms with van der Waals surface area (Å²) in [7, 11) is 0. The molecule has 1 aromatic carbocycles. The molecule has 0 unspecified atom stereocenters. The fourth-order valence-corrected chi connectivity index (χ4v) is 1.76. The number of carbonyl (C=O) groups is 1. The van der Waals surface area contributed by atoms with Gasteiger partial charge in [0, 0.05) is 11.9 Å². The molecule has 18 heavy (non-hydrogen) atoms. The topological polar surface area (TPSA) is 42.0 Å². The van der Waals surface area contributed by atoms with Crippen molar-refractivity contribution >= 4 is 23.1 Å². The van der Waals surface area contributed by atoms with E-state index in [9.17, 15) is 18.0 Å². The molecule has 0 aliphatic carbocycles. The lowest BCUT2D eigenvalue weighted by Gasteiger charge is -2.08. The summed E-state index contributed by atoms with van der Waals surface area (Å²) >= 11 is 1.02. The number of alkyl halides is 3. The van der Waals surface area contributed by atoms with Crippen molar-refractivity contribution < 1.29 is 18.0 Å². The van der Waals surface area contributed by atoms with Crippen molar-refractivity contribution in [3.05, 3.63) is 47.0 Å². The molecule has 0 saturated heterocycles. The van der Waals surface area contributed by atoms with E-state index >= 15 is 0 Å². The van der Waals surface area contributed by atoms with Gasteiger partial charge in [-0.05, 0) is 41.9 Å². The zero-order chi connectivity index (χ0) is 13.2. The molecule has 0 fully saturated rings. The smallest absolute Gasteiger partial charge is 0.321 e. The molecule has 1 amide bonds. The van der Waals surface area contributed by atoms with Crippen LogP contribution in [0.2, 0.25) is 0 Å². The van der Waals surface area contributed by atoms with E-state index in [-0.39, 0.29) is 0 Å². The zero-order valence-corrected chi connectivity index (χ0v) is 9.68. The van der Waals surface area contributed by atoms with E-state index in [1.54, 1.807) is 0 Å². The summed E-state index contributed by atoms with van der Waals surface area (Å²) < 4.78 is 40.7. The molecule has 0 saturated carbocycles. The first-order valence-electron chi connectivity index (χ1n) is 4.86. The normalized spacial score (nSPS) is 11.3. The van der Waals surface area contributed by atoms with Crippen molar-refractivity contribution in [1.29, 1.82) is 0 Å². The third-order valence-electron chi connectivity index (χ3n) is 2.13. The fourth-order valence-electron chi connectivity index (χ4n) is 1.27. The predicted octanol–water partition coefficient (Wildman–Crippen LogP) is 3.41. The van der Waals surface area contributed by atoms with Crippen molar-refractivity contribution in [3.8, 4) is 0 Å². The maximum atomic E-state index is 12.3. The van der Waals surface area contributed by atoms with Gasteiger partial charge in [-0.3, -0.25) is 4.79 Å². The number of nitrogens with one attached hydrogen (secondary N) is 1. The fraction of sp³-hybridized carbons (Fsp3) is 0.0909. The summed E-state index contributed by atoms with van der Waals surface area (Å²) in [4.78, 5) is 12.0. The van der Waals surface area contributed by atoms with Crippen LogP contribution < -0.4 is 5.32 Å². The highest BCUT2D eigenvalue weighted by atomic mass is 32.1. The number of hydrogen-bond acceptors (Lipinski definition) is 3. The lowest BCUT2D eigenvalue weighted by Crippen LogP contribution is -2.10. The molecule has 1 heterocycles. The van der Waals surface area contributed by atoms with Crippen LogP contribution in [0.15, 0.2) is 36.5 Å². The van der Waals surface area contributed by atoms with Gasteiger partial charge in [0.15, 0.2) is 0 Å². The first-order valence-corrected chi connectivity index (χ1v) is 5.63. The van der Waals surface area contributed by atoms with E-state index < -0.39 is 17.6 Å². The molecule has 0 bridgehead atoms. The molecule has 1 aromatic heterocycles. The van der Waals surface area contributed by atoms with Crippen LogP contribution in [0.25, 0.3) is 0 Å². The summed E-state index contributed by atoms with van der Waals surface area (Å²) in [6.07, 6.45) is -2.90. The Morgan fingerprint density at radius 2 is 1.83 bits per heavy atom. The minimum Gasteiger partial charge on any atom is -0.321 e. The van der Waals surface area contributed by atoms with Crippen LogP contribution in [0, 0.1) is 0 Å². The molecule has 0 spiro atoms. The van der Waals surface area contributed by atoms with Crippen LogP contribution in [0.5, 0.6) is 0 Å². The number of anilines is 1. The third kappa shape index (κ3) is 2.86. The number of hydrogen-bond donors (Lipinski definition) is 1. The van der Waals surface area contributed by atoms with E-state index in [1.807, 2.05) is 0 Å². The molecule has 2 rings (SSSR count). The van der Waals surface area contributed by atoms with E-state index in [0.29, 0.717) is 10.6 Å². The molecular weight excluding hydrogens is 265 g/mol. The van der Waals surface area contributed by atoms with Crippen molar-refractivity contribution in [2.75, 3.05) is 5.32 Å². The van der Waals surface area contributed by atoms with Crippen molar-refractivity contribution in [3.63, 3.8) is 0 Å². The van der Waals surface area contributed by atoms with Crippen LogP contribution in [0.4, 0.5) is 18.9 Å². The second kappa shape index (κ2) is 4.77. The highest BCUT2D eigenvalue weighted by Crippen LogP contribution is 2.29. The Morgan fingerprint density at radius 3 is 2.33 bits per heavy atom. The Morgan fingerprint density at radius 1 is 1.17 bits per heavy atom. The van der Waals surface area contributed by atoms with Crippen molar-refractivity contribution in [2.45, 2.75) is 6.18 Å². The van der Waals surface area contributed by atoms with E-state index in [2.05, 4.69) is 9.69 Å². The second-order valence-electron chi connectivity index (χ2n) is 3.41. The van der Waals surface area contributed by atoms with E-state index in [4.69, 9.17) is 0 Å². The Bertz CT molecular complexity index is 534. The number of benzene rings is 1. The lowest BCUT2D eigenvalue weighted by molar-refractivity contribution is -0.137. The van der Waals surface area contributed by atoms with Crippen LogP contribution in [-0.2, 0) is 6.18 Å². The Kier molecular flexibility index (Phi) is 3.33. The van der Waals surface area contributed by atoms with Gasteiger partial charge in [-0.25, -0.2) is 4.37 Å². The molecule has 0 aliphatic heterocycles. The summed E-state index contributed by atoms with van der Waals surface area (Å²) in [6, 6.07) is 5.79. The van der Waals surface area contributed by atoms with Crippen LogP contribution >= 0.6 is 11.5 Å². The number of nitrogens with zero attached hydrogens (tertiary/aromatic N) is 1. The largest absolute Gasteiger partial charge is 0.416 e. The molecule has 0 radical (unpaired) electrons. The summed E-state index contributed by atoms with van der Waals surface area (Å²) in [5.74, 6) is -0.391. The van der Waals surface area contributed by atoms with Crippen LogP contribution in [0.3, 0.4) is 0 Å². The van der Waals surface area contributed by atoms with E-state index in [0.717, 1.165) is 23.7 Å². The number of carbonyl (C=O) groups excluding carboxylic acids is 1. The first kappa shape index (κ1) is 12.6. The Hall–Kier alpha value is -1.89.